The summed E-state index contributed by atoms with van der Waals surface area (Å²) in [6.45, 7) is 5.12. The molecule has 2 saturated heterocycles. The highest BCUT2D eigenvalue weighted by atomic mass is 32.2. The fourth-order valence-corrected chi connectivity index (χ4v) is 4.86. The summed E-state index contributed by atoms with van der Waals surface area (Å²) < 4.78 is 34.5. The van der Waals surface area contributed by atoms with Crippen LogP contribution in [0.4, 0.5) is 0 Å². The van der Waals surface area contributed by atoms with E-state index in [1.807, 2.05) is 6.92 Å². The topological polar surface area (TPSA) is 93.5 Å². The van der Waals surface area contributed by atoms with Crippen molar-refractivity contribution in [2.45, 2.75) is 50.3 Å². The van der Waals surface area contributed by atoms with Crippen molar-refractivity contribution < 1.29 is 17.9 Å². The van der Waals surface area contributed by atoms with Gasteiger partial charge in [0.2, 0.25) is 15.9 Å². The number of morpholine rings is 1. The highest BCUT2D eigenvalue weighted by Crippen LogP contribution is 2.25. The summed E-state index contributed by atoms with van der Waals surface area (Å²) in [5.74, 6) is -0.136. The van der Waals surface area contributed by atoms with E-state index in [1.54, 1.807) is 11.6 Å². The van der Waals surface area contributed by atoms with Gasteiger partial charge in [0, 0.05) is 19.6 Å². The number of sulfonamides is 1. The lowest BCUT2D eigenvalue weighted by Gasteiger charge is -2.30. The average Bonchev–Trinajstić information content (AvgIpc) is 2.76. The summed E-state index contributed by atoms with van der Waals surface area (Å²) in [4.78, 5) is 11.7. The lowest BCUT2D eigenvalue weighted by Crippen LogP contribution is -2.51. The maximum absolute atomic E-state index is 12.9. The molecule has 0 radical (unpaired) electrons. The average molecular weight is 342 g/mol. The van der Waals surface area contributed by atoms with E-state index in [-0.39, 0.29) is 29.6 Å². The van der Waals surface area contributed by atoms with Crippen LogP contribution in [-0.4, -0.2) is 60.3 Å². The lowest BCUT2D eigenvalue weighted by molar-refractivity contribution is -0.136. The Morgan fingerprint density at radius 2 is 2.13 bits per heavy atom. The minimum atomic E-state index is -3.58. The summed E-state index contributed by atoms with van der Waals surface area (Å²) in [5.41, 5.74) is 0.652. The van der Waals surface area contributed by atoms with Gasteiger partial charge in [0.05, 0.1) is 24.0 Å². The number of ether oxygens (including phenoxy) is 1. The van der Waals surface area contributed by atoms with Crippen LogP contribution in [0.3, 0.4) is 0 Å². The molecule has 128 valence electrons. The minimum Gasteiger partial charge on any atom is -0.366 e. The molecule has 0 aromatic carbocycles. The molecule has 0 aliphatic carbocycles. The first-order valence-electron chi connectivity index (χ1n) is 7.87. The first-order chi connectivity index (χ1) is 10.9. The standard InChI is InChI=1S/C14H22N4O4S/c1-3-18-10(2)13(8-15-18)23(20,21)17-6-4-11-12(5-7-17)22-9-14(19)16-11/h8,11-12H,3-7,9H2,1-2H3,(H,16,19)/t11-,12-/m0/s1. The number of nitrogens with zero attached hydrogens (tertiary/aromatic N) is 3. The van der Waals surface area contributed by atoms with Crippen LogP contribution in [0.15, 0.2) is 11.1 Å². The molecule has 8 nitrogen and oxygen atoms in total. The van der Waals surface area contributed by atoms with E-state index in [9.17, 15) is 13.2 Å². The second-order valence-electron chi connectivity index (χ2n) is 5.91. The van der Waals surface area contributed by atoms with Crippen LogP contribution in [-0.2, 0) is 26.1 Å². The number of aromatic nitrogens is 2. The highest BCUT2D eigenvalue weighted by Gasteiger charge is 2.36. The van der Waals surface area contributed by atoms with Crippen molar-refractivity contribution in [3.8, 4) is 0 Å². The van der Waals surface area contributed by atoms with Gasteiger partial charge in [-0.05, 0) is 26.7 Å². The van der Waals surface area contributed by atoms with Crippen molar-refractivity contribution >= 4 is 15.9 Å². The van der Waals surface area contributed by atoms with Crippen molar-refractivity contribution in [1.82, 2.24) is 19.4 Å². The molecule has 1 aromatic heterocycles. The molecule has 2 aliphatic rings. The molecule has 1 aromatic rings. The van der Waals surface area contributed by atoms with Gasteiger partial charge in [0.15, 0.2) is 0 Å². The Kier molecular flexibility index (Phi) is 4.43. The Morgan fingerprint density at radius 3 is 2.83 bits per heavy atom. The number of aryl methyl sites for hydroxylation is 1. The molecule has 23 heavy (non-hydrogen) atoms. The number of nitrogens with one attached hydrogen (secondary N) is 1. The number of carbonyl (C=O) groups excluding carboxylic acids is 1. The Morgan fingerprint density at radius 1 is 1.39 bits per heavy atom. The molecule has 2 aliphatic heterocycles. The van der Waals surface area contributed by atoms with E-state index in [0.717, 1.165) is 0 Å². The van der Waals surface area contributed by atoms with Crippen LogP contribution in [0.25, 0.3) is 0 Å². The number of carbonyl (C=O) groups is 1. The van der Waals surface area contributed by atoms with Crippen LogP contribution < -0.4 is 5.32 Å². The molecule has 0 saturated carbocycles. The first-order valence-corrected chi connectivity index (χ1v) is 9.31. The van der Waals surface area contributed by atoms with E-state index >= 15 is 0 Å². The van der Waals surface area contributed by atoms with E-state index < -0.39 is 10.0 Å². The van der Waals surface area contributed by atoms with Gasteiger partial charge in [-0.25, -0.2) is 8.42 Å². The Bertz CT molecular complexity index is 700. The lowest BCUT2D eigenvalue weighted by atomic mass is 10.0. The second-order valence-corrected chi connectivity index (χ2v) is 7.82. The van der Waals surface area contributed by atoms with Gasteiger partial charge in [-0.15, -0.1) is 0 Å². The monoisotopic (exact) mass is 342 g/mol. The van der Waals surface area contributed by atoms with Crippen LogP contribution in [0.5, 0.6) is 0 Å². The summed E-state index contributed by atoms with van der Waals surface area (Å²) in [7, 11) is -3.58. The zero-order valence-electron chi connectivity index (χ0n) is 13.4. The molecular formula is C14H22N4O4S. The SMILES string of the molecule is CCn1ncc(S(=O)(=O)N2CC[C@@H]3NC(=O)CO[C@H]3CC2)c1C. The molecule has 3 heterocycles. The summed E-state index contributed by atoms with van der Waals surface area (Å²) in [6.07, 6.45) is 2.43. The molecule has 2 atom stereocenters. The Labute approximate surface area is 135 Å². The zero-order valence-corrected chi connectivity index (χ0v) is 14.2. The van der Waals surface area contributed by atoms with Gasteiger partial charge in [-0.3, -0.25) is 9.48 Å². The van der Waals surface area contributed by atoms with E-state index in [1.165, 1.54) is 10.5 Å². The Hall–Kier alpha value is -1.45. The van der Waals surface area contributed by atoms with E-state index in [0.29, 0.717) is 38.2 Å². The number of fused-ring (bicyclic) bond motifs is 1. The van der Waals surface area contributed by atoms with Crippen molar-refractivity contribution in [1.29, 1.82) is 0 Å². The van der Waals surface area contributed by atoms with Crippen molar-refractivity contribution in [2.24, 2.45) is 0 Å². The van der Waals surface area contributed by atoms with Crippen molar-refractivity contribution in [3.63, 3.8) is 0 Å². The van der Waals surface area contributed by atoms with Gasteiger partial charge in [-0.2, -0.15) is 9.40 Å². The van der Waals surface area contributed by atoms with Gasteiger partial charge >= 0.3 is 0 Å². The maximum atomic E-state index is 12.9. The molecule has 1 amide bonds. The first kappa shape index (κ1) is 16.4. The molecule has 9 heteroatoms. The van der Waals surface area contributed by atoms with E-state index in [2.05, 4.69) is 10.4 Å². The van der Waals surface area contributed by atoms with Gasteiger partial charge in [0.25, 0.3) is 0 Å². The zero-order chi connectivity index (χ0) is 16.6. The molecule has 0 bridgehead atoms. The quantitative estimate of drug-likeness (QED) is 0.826. The summed E-state index contributed by atoms with van der Waals surface area (Å²) >= 11 is 0. The molecule has 2 fully saturated rings. The molecule has 3 rings (SSSR count). The smallest absolute Gasteiger partial charge is 0.246 e. The van der Waals surface area contributed by atoms with E-state index in [4.69, 9.17) is 4.74 Å². The van der Waals surface area contributed by atoms with Crippen molar-refractivity contribution in [2.75, 3.05) is 19.7 Å². The number of hydrogen-bond acceptors (Lipinski definition) is 5. The fraction of sp³-hybridized carbons (Fsp3) is 0.714. The second kappa shape index (κ2) is 6.21. The highest BCUT2D eigenvalue weighted by molar-refractivity contribution is 7.89. The molecule has 0 spiro atoms. The van der Waals surface area contributed by atoms with Gasteiger partial charge < -0.3 is 10.1 Å². The number of rotatable bonds is 3. The van der Waals surface area contributed by atoms with Crippen LogP contribution in [0.1, 0.15) is 25.5 Å². The minimum absolute atomic E-state index is 0.0519. The third-order valence-electron chi connectivity index (χ3n) is 4.55. The summed E-state index contributed by atoms with van der Waals surface area (Å²) in [6, 6.07) is -0.115. The number of hydrogen-bond donors (Lipinski definition) is 1. The largest absolute Gasteiger partial charge is 0.366 e. The van der Waals surface area contributed by atoms with Crippen LogP contribution >= 0.6 is 0 Å². The fourth-order valence-electron chi connectivity index (χ4n) is 3.23. The molecular weight excluding hydrogens is 320 g/mol. The molecule has 1 N–H and O–H groups in total. The molecule has 0 unspecified atom stereocenters. The Balaban J connectivity index is 1.81. The number of amides is 1. The van der Waals surface area contributed by atoms with Gasteiger partial charge in [0.1, 0.15) is 11.5 Å². The third-order valence-corrected chi connectivity index (χ3v) is 6.55. The normalized spacial score (nSPS) is 26.4. The maximum Gasteiger partial charge on any atom is 0.246 e. The summed E-state index contributed by atoms with van der Waals surface area (Å²) in [5, 5.41) is 7.02. The predicted octanol–water partition coefficient (Wildman–Crippen LogP) is -0.120. The van der Waals surface area contributed by atoms with Crippen LogP contribution in [0, 0.1) is 6.92 Å². The predicted molar refractivity (Wildman–Crippen MR) is 82.3 cm³/mol. The van der Waals surface area contributed by atoms with Crippen LogP contribution in [0.2, 0.25) is 0 Å². The van der Waals surface area contributed by atoms with Crippen molar-refractivity contribution in [3.05, 3.63) is 11.9 Å². The van der Waals surface area contributed by atoms with Gasteiger partial charge in [-0.1, -0.05) is 0 Å². The third kappa shape index (κ3) is 3.00.